The van der Waals surface area contributed by atoms with Crippen LogP contribution in [0.3, 0.4) is 0 Å². The number of esters is 1. The van der Waals surface area contributed by atoms with E-state index in [2.05, 4.69) is 46.8 Å². The zero-order valence-electron chi connectivity index (χ0n) is 23.0. The maximum Gasteiger partial charge on any atom is 0.338 e. The van der Waals surface area contributed by atoms with Crippen LogP contribution in [0.15, 0.2) is 68.0 Å². The largest absolute Gasteiger partial charge is 0.496 e. The van der Waals surface area contributed by atoms with Crippen molar-refractivity contribution in [1.29, 1.82) is 0 Å². The summed E-state index contributed by atoms with van der Waals surface area (Å²) in [5, 5.41) is 0. The molecule has 206 valence electrons. The van der Waals surface area contributed by atoms with E-state index in [1.165, 1.54) is 11.3 Å². The molecule has 2 heterocycles. The van der Waals surface area contributed by atoms with Crippen molar-refractivity contribution in [1.82, 2.24) is 4.57 Å². The molecule has 0 radical (unpaired) electrons. The Morgan fingerprint density at radius 3 is 2.46 bits per heavy atom. The summed E-state index contributed by atoms with van der Waals surface area (Å²) in [5.74, 6) is 0.0994. The molecule has 7 nitrogen and oxygen atoms in total. The number of rotatable bonds is 10. The second-order valence-corrected chi connectivity index (χ2v) is 11.0. The van der Waals surface area contributed by atoms with Crippen LogP contribution in [0.25, 0.3) is 6.08 Å². The molecule has 0 fully saturated rings. The summed E-state index contributed by atoms with van der Waals surface area (Å²) >= 11 is 4.88. The highest BCUT2D eigenvalue weighted by atomic mass is 79.9. The molecule has 0 aliphatic carbocycles. The zero-order valence-corrected chi connectivity index (χ0v) is 25.4. The average molecular weight is 613 g/mol. The van der Waals surface area contributed by atoms with E-state index in [0.717, 1.165) is 35.2 Å². The monoisotopic (exact) mass is 611 g/mol. The van der Waals surface area contributed by atoms with Gasteiger partial charge in [-0.1, -0.05) is 52.7 Å². The van der Waals surface area contributed by atoms with Crippen LogP contribution in [-0.2, 0) is 9.53 Å². The second-order valence-electron chi connectivity index (χ2n) is 9.06. The first-order chi connectivity index (χ1) is 18.9. The Hall–Kier alpha value is -3.17. The van der Waals surface area contributed by atoms with E-state index in [4.69, 9.17) is 14.5 Å². The number of allylic oxidation sites excluding steroid dienone is 1. The van der Waals surface area contributed by atoms with Crippen molar-refractivity contribution in [2.75, 3.05) is 31.7 Å². The van der Waals surface area contributed by atoms with E-state index in [0.29, 0.717) is 38.3 Å². The van der Waals surface area contributed by atoms with Gasteiger partial charge >= 0.3 is 5.97 Å². The normalized spacial score (nSPS) is 15.1. The molecule has 0 N–H and O–H groups in total. The fraction of sp³-hybridized carbons (Fsp3) is 0.367. The number of nitrogens with zero attached hydrogens (tertiary/aromatic N) is 3. The van der Waals surface area contributed by atoms with Crippen molar-refractivity contribution in [3.8, 4) is 5.75 Å². The van der Waals surface area contributed by atoms with Crippen molar-refractivity contribution < 1.29 is 14.3 Å². The van der Waals surface area contributed by atoms with Gasteiger partial charge in [0.15, 0.2) is 4.80 Å². The van der Waals surface area contributed by atoms with Gasteiger partial charge in [-0.15, -0.1) is 0 Å². The van der Waals surface area contributed by atoms with E-state index < -0.39 is 12.0 Å². The predicted octanol–water partition coefficient (Wildman–Crippen LogP) is 5.20. The predicted molar refractivity (Wildman–Crippen MR) is 160 cm³/mol. The summed E-state index contributed by atoms with van der Waals surface area (Å²) in [6, 6.07) is 13.0. The molecule has 0 unspecified atom stereocenters. The smallest absolute Gasteiger partial charge is 0.338 e. The lowest BCUT2D eigenvalue weighted by Crippen LogP contribution is -2.40. The van der Waals surface area contributed by atoms with Gasteiger partial charge in [0, 0.05) is 28.8 Å². The molecule has 1 aromatic heterocycles. The van der Waals surface area contributed by atoms with Gasteiger partial charge in [0.1, 0.15) is 11.8 Å². The Bertz CT molecular complexity index is 1550. The van der Waals surface area contributed by atoms with Crippen molar-refractivity contribution in [3.63, 3.8) is 0 Å². The van der Waals surface area contributed by atoms with E-state index in [1.807, 2.05) is 43.3 Å². The van der Waals surface area contributed by atoms with Crippen LogP contribution in [-0.4, -0.2) is 37.3 Å². The first-order valence-corrected chi connectivity index (χ1v) is 14.9. The minimum absolute atomic E-state index is 0.212. The molecule has 0 saturated heterocycles. The number of ether oxygens (including phenoxy) is 2. The lowest BCUT2D eigenvalue weighted by Gasteiger charge is -2.27. The number of thiazole rings is 1. The van der Waals surface area contributed by atoms with Gasteiger partial charge in [-0.2, -0.15) is 0 Å². The lowest BCUT2D eigenvalue weighted by atomic mass is 9.93. The topological polar surface area (TPSA) is 73.1 Å². The molecule has 0 spiro atoms. The number of benzene rings is 2. The summed E-state index contributed by atoms with van der Waals surface area (Å²) in [6.45, 7) is 10.1. The first-order valence-electron chi connectivity index (χ1n) is 13.3. The molecule has 1 aliphatic rings. The molecule has 0 amide bonds. The summed E-state index contributed by atoms with van der Waals surface area (Å²) in [7, 11) is 1.58. The maximum absolute atomic E-state index is 14.0. The van der Waals surface area contributed by atoms with Crippen molar-refractivity contribution in [2.45, 2.75) is 46.6 Å². The van der Waals surface area contributed by atoms with Gasteiger partial charge in [0.25, 0.3) is 5.56 Å². The third-order valence-electron chi connectivity index (χ3n) is 6.70. The van der Waals surface area contributed by atoms with Gasteiger partial charge in [0.2, 0.25) is 0 Å². The molecular weight excluding hydrogens is 578 g/mol. The number of carbonyl (C=O) groups is 1. The summed E-state index contributed by atoms with van der Waals surface area (Å²) < 4.78 is 14.1. The second kappa shape index (κ2) is 12.8. The highest BCUT2D eigenvalue weighted by Gasteiger charge is 2.36. The van der Waals surface area contributed by atoms with E-state index in [-0.39, 0.29) is 12.2 Å². The molecule has 0 saturated carbocycles. The van der Waals surface area contributed by atoms with Gasteiger partial charge < -0.3 is 14.4 Å². The quantitative estimate of drug-likeness (QED) is 0.295. The van der Waals surface area contributed by atoms with Gasteiger partial charge in [-0.3, -0.25) is 9.36 Å². The van der Waals surface area contributed by atoms with Crippen molar-refractivity contribution >= 4 is 45.0 Å². The number of aromatic nitrogens is 1. The Morgan fingerprint density at radius 1 is 1.13 bits per heavy atom. The maximum atomic E-state index is 14.0. The number of anilines is 1. The number of halogens is 1. The van der Waals surface area contributed by atoms with E-state index >= 15 is 0 Å². The third-order valence-corrected chi connectivity index (χ3v) is 8.17. The first kappa shape index (κ1) is 28.8. The molecule has 3 aromatic rings. The minimum Gasteiger partial charge on any atom is -0.496 e. The SMILES string of the molecule is CCCC1=C(C(=O)OCC)[C@H](c2cc(Br)ccc2OC)n2c(s/c(=C/c3ccc(N(CC)CC)cc3)c2=O)=N1. The molecule has 9 heteroatoms. The van der Waals surface area contributed by atoms with Gasteiger partial charge in [0.05, 0.1) is 29.5 Å². The highest BCUT2D eigenvalue weighted by molar-refractivity contribution is 9.10. The molecule has 4 rings (SSSR count). The fourth-order valence-corrected chi connectivity index (χ4v) is 6.25. The van der Waals surface area contributed by atoms with Crippen molar-refractivity contribution in [2.24, 2.45) is 4.99 Å². The Balaban J connectivity index is 1.95. The summed E-state index contributed by atoms with van der Waals surface area (Å²) in [4.78, 5) is 35.0. The zero-order chi connectivity index (χ0) is 28.1. The third kappa shape index (κ3) is 5.89. The van der Waals surface area contributed by atoms with Crippen LogP contribution in [0, 0.1) is 0 Å². The van der Waals surface area contributed by atoms with Crippen LogP contribution in [0.2, 0.25) is 0 Å². The van der Waals surface area contributed by atoms with Gasteiger partial charge in [-0.25, -0.2) is 9.79 Å². The molecule has 1 aliphatic heterocycles. The number of hydrogen-bond acceptors (Lipinski definition) is 7. The summed E-state index contributed by atoms with van der Waals surface area (Å²) in [5.41, 5.74) is 3.55. The van der Waals surface area contributed by atoms with Crippen LogP contribution in [0.4, 0.5) is 5.69 Å². The Morgan fingerprint density at radius 2 is 1.85 bits per heavy atom. The van der Waals surface area contributed by atoms with Crippen LogP contribution < -0.4 is 24.5 Å². The number of methoxy groups -OCH3 is 1. The molecule has 0 bridgehead atoms. The van der Waals surface area contributed by atoms with Crippen LogP contribution in [0.5, 0.6) is 5.75 Å². The average Bonchev–Trinajstić information content (AvgIpc) is 3.24. The molecule has 1 atom stereocenters. The summed E-state index contributed by atoms with van der Waals surface area (Å²) in [6.07, 6.45) is 3.26. The van der Waals surface area contributed by atoms with E-state index in [9.17, 15) is 9.59 Å². The lowest BCUT2D eigenvalue weighted by molar-refractivity contribution is -0.139. The molecule has 39 heavy (non-hydrogen) atoms. The van der Waals surface area contributed by atoms with Crippen LogP contribution >= 0.6 is 27.3 Å². The number of hydrogen-bond donors (Lipinski definition) is 0. The Kier molecular flexibility index (Phi) is 9.45. The van der Waals surface area contributed by atoms with Crippen molar-refractivity contribution in [3.05, 3.63) is 89.0 Å². The Labute approximate surface area is 241 Å². The standard InChI is InChI=1S/C30H34BrN3O4S/c1-6-10-23-26(29(36)38-9-4)27(22-18-20(31)13-16-24(22)37-5)34-28(35)25(39-30(34)32-23)17-19-11-14-21(15-12-19)33(7-2)8-3/h11-18,27H,6-10H2,1-5H3/b25-17+/t27-/m0/s1. The minimum atomic E-state index is -0.735. The van der Waals surface area contributed by atoms with E-state index in [1.54, 1.807) is 18.6 Å². The number of fused-ring (bicyclic) bond motifs is 1. The van der Waals surface area contributed by atoms with Crippen LogP contribution in [0.1, 0.15) is 57.7 Å². The fourth-order valence-electron chi connectivity index (χ4n) is 4.86. The highest BCUT2D eigenvalue weighted by Crippen LogP contribution is 2.38. The molecule has 2 aromatic carbocycles. The van der Waals surface area contributed by atoms with Gasteiger partial charge in [-0.05, 0) is 69.2 Å². The molecular formula is C30H34BrN3O4S. The number of carbonyl (C=O) groups excluding carboxylic acids is 1.